The van der Waals surface area contributed by atoms with Crippen LogP contribution in [-0.2, 0) is 0 Å². The highest BCUT2D eigenvalue weighted by molar-refractivity contribution is 5.70. The Balaban J connectivity index is 1.95. The zero-order valence-corrected chi connectivity index (χ0v) is 10.8. The van der Waals surface area contributed by atoms with Crippen molar-refractivity contribution in [3.63, 3.8) is 0 Å². The Kier molecular flexibility index (Phi) is 3.21. The maximum atomic E-state index is 13.4. The Morgan fingerprint density at radius 1 is 0.600 bits per heavy atom. The maximum Gasteiger partial charge on any atom is 0.165 e. The van der Waals surface area contributed by atoms with Crippen molar-refractivity contribution < 1.29 is 9.50 Å². The highest BCUT2D eigenvalue weighted by Gasteiger charge is 2.04. The number of aromatic hydroxyl groups is 1. The van der Waals surface area contributed by atoms with Crippen LogP contribution >= 0.6 is 0 Å². The summed E-state index contributed by atoms with van der Waals surface area (Å²) >= 11 is 0. The molecule has 2 heteroatoms. The van der Waals surface area contributed by atoms with Gasteiger partial charge in [0.15, 0.2) is 11.6 Å². The van der Waals surface area contributed by atoms with E-state index in [1.54, 1.807) is 6.07 Å². The molecule has 0 atom stereocenters. The molecule has 20 heavy (non-hydrogen) atoms. The first-order valence-electron chi connectivity index (χ1n) is 6.38. The summed E-state index contributed by atoms with van der Waals surface area (Å²) in [5.41, 5.74) is 3.94. The fourth-order valence-electron chi connectivity index (χ4n) is 2.17. The summed E-state index contributed by atoms with van der Waals surface area (Å²) in [6.45, 7) is 0. The Bertz CT molecular complexity index is 718. The van der Waals surface area contributed by atoms with Gasteiger partial charge in [-0.15, -0.1) is 0 Å². The van der Waals surface area contributed by atoms with Gasteiger partial charge in [-0.2, -0.15) is 0 Å². The van der Waals surface area contributed by atoms with E-state index >= 15 is 0 Å². The maximum absolute atomic E-state index is 13.4. The standard InChI is InChI=1S/C18H13FO/c19-17-12-16(10-11-18(17)20)15-8-6-14(7-9-15)13-4-2-1-3-5-13/h1-12,20H. The van der Waals surface area contributed by atoms with Gasteiger partial charge in [0.05, 0.1) is 0 Å². The van der Waals surface area contributed by atoms with E-state index in [4.69, 9.17) is 0 Å². The van der Waals surface area contributed by atoms with E-state index in [9.17, 15) is 9.50 Å². The molecule has 0 unspecified atom stereocenters. The van der Waals surface area contributed by atoms with Gasteiger partial charge in [0.2, 0.25) is 0 Å². The van der Waals surface area contributed by atoms with Gasteiger partial charge in [-0.05, 0) is 34.4 Å². The van der Waals surface area contributed by atoms with E-state index in [1.807, 2.05) is 42.5 Å². The quantitative estimate of drug-likeness (QED) is 0.700. The molecule has 3 aromatic carbocycles. The highest BCUT2D eigenvalue weighted by atomic mass is 19.1. The molecule has 0 radical (unpaired) electrons. The second-order valence-electron chi connectivity index (χ2n) is 4.61. The van der Waals surface area contributed by atoms with Crippen LogP contribution < -0.4 is 0 Å². The first-order valence-corrected chi connectivity index (χ1v) is 6.38. The molecule has 1 nitrogen and oxygen atoms in total. The molecule has 0 spiro atoms. The van der Waals surface area contributed by atoms with Crippen LogP contribution in [0.2, 0.25) is 0 Å². The van der Waals surface area contributed by atoms with Crippen LogP contribution in [0.1, 0.15) is 0 Å². The molecule has 3 rings (SSSR count). The molecule has 0 amide bonds. The van der Waals surface area contributed by atoms with Crippen molar-refractivity contribution in [1.29, 1.82) is 0 Å². The van der Waals surface area contributed by atoms with Crippen LogP contribution in [0.15, 0.2) is 72.8 Å². The van der Waals surface area contributed by atoms with Crippen LogP contribution in [0, 0.1) is 5.82 Å². The van der Waals surface area contributed by atoms with E-state index in [0.717, 1.165) is 22.3 Å². The zero-order chi connectivity index (χ0) is 13.9. The summed E-state index contributed by atoms with van der Waals surface area (Å²) in [4.78, 5) is 0. The third-order valence-electron chi connectivity index (χ3n) is 3.27. The van der Waals surface area contributed by atoms with Crippen molar-refractivity contribution in [1.82, 2.24) is 0 Å². The van der Waals surface area contributed by atoms with Crippen molar-refractivity contribution in [3.05, 3.63) is 78.6 Å². The number of halogens is 1. The molecule has 3 aromatic rings. The summed E-state index contributed by atoms with van der Waals surface area (Å²) in [5.74, 6) is -0.927. The Hall–Kier alpha value is -2.61. The number of phenols is 1. The van der Waals surface area contributed by atoms with Crippen LogP contribution in [0.4, 0.5) is 4.39 Å². The highest BCUT2D eigenvalue weighted by Crippen LogP contribution is 2.27. The van der Waals surface area contributed by atoms with Gasteiger partial charge in [0.1, 0.15) is 0 Å². The monoisotopic (exact) mass is 264 g/mol. The molecule has 0 aliphatic rings. The van der Waals surface area contributed by atoms with Crippen molar-refractivity contribution in [2.75, 3.05) is 0 Å². The van der Waals surface area contributed by atoms with Crippen LogP contribution in [0.5, 0.6) is 5.75 Å². The predicted octanol–water partition coefficient (Wildman–Crippen LogP) is 4.87. The average Bonchev–Trinajstić information content (AvgIpc) is 2.51. The molecule has 1 N–H and O–H groups in total. The SMILES string of the molecule is Oc1ccc(-c2ccc(-c3ccccc3)cc2)cc1F. The van der Waals surface area contributed by atoms with Gasteiger partial charge in [-0.25, -0.2) is 4.39 Å². The van der Waals surface area contributed by atoms with E-state index in [-0.39, 0.29) is 5.75 Å². The second kappa shape index (κ2) is 5.17. The van der Waals surface area contributed by atoms with Crippen LogP contribution in [0.3, 0.4) is 0 Å². The van der Waals surface area contributed by atoms with Crippen molar-refractivity contribution in [2.45, 2.75) is 0 Å². The Labute approximate surface area is 117 Å². The zero-order valence-electron chi connectivity index (χ0n) is 10.8. The average molecular weight is 264 g/mol. The summed E-state index contributed by atoms with van der Waals surface area (Å²) in [6.07, 6.45) is 0. The molecule has 0 saturated heterocycles. The third kappa shape index (κ3) is 2.41. The largest absolute Gasteiger partial charge is 0.505 e. The minimum absolute atomic E-state index is 0.324. The fraction of sp³-hybridized carbons (Fsp3) is 0. The predicted molar refractivity (Wildman–Crippen MR) is 78.9 cm³/mol. The molecular weight excluding hydrogens is 251 g/mol. The molecule has 0 heterocycles. The molecule has 98 valence electrons. The molecule has 0 aromatic heterocycles. The molecule has 0 fully saturated rings. The van der Waals surface area contributed by atoms with Crippen molar-refractivity contribution in [2.24, 2.45) is 0 Å². The van der Waals surface area contributed by atoms with E-state index in [1.165, 1.54) is 12.1 Å². The lowest BCUT2D eigenvalue weighted by molar-refractivity contribution is 0.432. The lowest BCUT2D eigenvalue weighted by Crippen LogP contribution is -1.82. The molecular formula is C18H13FO. The Morgan fingerprint density at radius 3 is 1.70 bits per heavy atom. The molecule has 0 aliphatic carbocycles. The fourth-order valence-corrected chi connectivity index (χ4v) is 2.17. The number of hydrogen-bond acceptors (Lipinski definition) is 1. The number of rotatable bonds is 2. The normalized spacial score (nSPS) is 10.4. The lowest BCUT2D eigenvalue weighted by atomic mass is 10.0. The Morgan fingerprint density at radius 2 is 1.10 bits per heavy atom. The summed E-state index contributed by atoms with van der Waals surface area (Å²) in [5, 5.41) is 9.21. The topological polar surface area (TPSA) is 20.2 Å². The van der Waals surface area contributed by atoms with E-state index in [0.29, 0.717) is 0 Å². The number of phenolic OH excluding ortho intramolecular Hbond substituents is 1. The minimum atomic E-state index is -0.602. The van der Waals surface area contributed by atoms with Crippen molar-refractivity contribution >= 4 is 0 Å². The summed E-state index contributed by atoms with van der Waals surface area (Å²) < 4.78 is 13.4. The smallest absolute Gasteiger partial charge is 0.165 e. The first kappa shape index (κ1) is 12.4. The van der Waals surface area contributed by atoms with Crippen molar-refractivity contribution in [3.8, 4) is 28.0 Å². The second-order valence-corrected chi connectivity index (χ2v) is 4.61. The van der Waals surface area contributed by atoms with Gasteiger partial charge >= 0.3 is 0 Å². The minimum Gasteiger partial charge on any atom is -0.505 e. The van der Waals surface area contributed by atoms with Gasteiger partial charge in [0, 0.05) is 0 Å². The van der Waals surface area contributed by atoms with E-state index in [2.05, 4.69) is 12.1 Å². The van der Waals surface area contributed by atoms with Gasteiger partial charge in [-0.1, -0.05) is 60.7 Å². The summed E-state index contributed by atoms with van der Waals surface area (Å²) in [6, 6.07) is 22.4. The van der Waals surface area contributed by atoms with E-state index < -0.39 is 5.82 Å². The first-order chi connectivity index (χ1) is 9.74. The number of hydrogen-bond donors (Lipinski definition) is 1. The lowest BCUT2D eigenvalue weighted by Gasteiger charge is -2.05. The summed E-state index contributed by atoms with van der Waals surface area (Å²) in [7, 11) is 0. The van der Waals surface area contributed by atoms with Gasteiger partial charge in [0.25, 0.3) is 0 Å². The third-order valence-corrected chi connectivity index (χ3v) is 3.27. The number of benzene rings is 3. The molecule has 0 aliphatic heterocycles. The molecule has 0 bridgehead atoms. The molecule has 0 saturated carbocycles. The van der Waals surface area contributed by atoms with Crippen LogP contribution in [0.25, 0.3) is 22.3 Å². The van der Waals surface area contributed by atoms with Gasteiger partial charge < -0.3 is 5.11 Å². The van der Waals surface area contributed by atoms with Gasteiger partial charge in [-0.3, -0.25) is 0 Å². The van der Waals surface area contributed by atoms with Crippen LogP contribution in [-0.4, -0.2) is 5.11 Å².